The lowest BCUT2D eigenvalue weighted by Gasteiger charge is -2.33. The van der Waals surface area contributed by atoms with Crippen LogP contribution in [0.1, 0.15) is 25.2 Å². The summed E-state index contributed by atoms with van der Waals surface area (Å²) in [6, 6.07) is 0. The average molecular weight is 210 g/mol. The van der Waals surface area contributed by atoms with Crippen molar-refractivity contribution in [1.82, 2.24) is 15.2 Å². The molecule has 1 aromatic heterocycles. The van der Waals surface area contributed by atoms with Crippen molar-refractivity contribution in [3.05, 3.63) is 11.4 Å². The van der Waals surface area contributed by atoms with Crippen LogP contribution < -0.4 is 4.90 Å². The third-order valence-electron chi connectivity index (χ3n) is 2.68. The number of aliphatic hydroxyl groups excluding tert-OH is 1. The van der Waals surface area contributed by atoms with Gasteiger partial charge in [-0.1, -0.05) is 0 Å². The van der Waals surface area contributed by atoms with Gasteiger partial charge in [0.2, 0.25) is 5.95 Å². The molecule has 0 radical (unpaired) electrons. The number of hydrogen-bond donors (Lipinski definition) is 1. The van der Waals surface area contributed by atoms with Gasteiger partial charge in [-0.25, -0.2) is 4.98 Å². The van der Waals surface area contributed by atoms with Crippen LogP contribution in [0.3, 0.4) is 0 Å². The van der Waals surface area contributed by atoms with Crippen molar-refractivity contribution in [2.24, 2.45) is 0 Å². The van der Waals surface area contributed by atoms with E-state index in [2.05, 4.69) is 15.2 Å². The number of likely N-dealkylation sites (N-methyl/N-ethyl adjacent to an activating group) is 1. The van der Waals surface area contributed by atoms with Crippen molar-refractivity contribution in [1.29, 1.82) is 0 Å². The zero-order valence-electron chi connectivity index (χ0n) is 9.94. The first-order valence-electron chi connectivity index (χ1n) is 4.91. The maximum atomic E-state index is 9.23. The molecule has 1 N–H and O–H groups in total. The molecule has 0 atom stereocenters. The molecule has 0 amide bonds. The highest BCUT2D eigenvalue weighted by atomic mass is 16.3. The highest BCUT2D eigenvalue weighted by molar-refractivity contribution is 5.32. The molecule has 0 unspecified atom stereocenters. The number of aliphatic hydroxyl groups is 1. The van der Waals surface area contributed by atoms with E-state index in [1.165, 1.54) is 0 Å². The van der Waals surface area contributed by atoms with Gasteiger partial charge in [0.05, 0.1) is 23.5 Å². The Labute approximate surface area is 90.2 Å². The predicted molar refractivity (Wildman–Crippen MR) is 58.9 cm³/mol. The van der Waals surface area contributed by atoms with Gasteiger partial charge in [0, 0.05) is 7.05 Å². The van der Waals surface area contributed by atoms with Gasteiger partial charge in [-0.05, 0) is 27.7 Å². The summed E-state index contributed by atoms with van der Waals surface area (Å²) < 4.78 is 0. The fourth-order valence-electron chi connectivity index (χ4n) is 0.964. The summed E-state index contributed by atoms with van der Waals surface area (Å²) >= 11 is 0. The van der Waals surface area contributed by atoms with Gasteiger partial charge in [-0.15, -0.1) is 5.10 Å². The van der Waals surface area contributed by atoms with E-state index < -0.39 is 0 Å². The normalized spacial score (nSPS) is 11.6. The summed E-state index contributed by atoms with van der Waals surface area (Å²) in [5, 5.41) is 17.3. The molecule has 1 rings (SSSR count). The smallest absolute Gasteiger partial charge is 0.245 e. The Morgan fingerprint density at radius 2 is 1.80 bits per heavy atom. The minimum atomic E-state index is -0.386. The predicted octanol–water partition coefficient (Wildman–Crippen LogP) is 0.696. The first-order chi connectivity index (χ1) is 6.88. The molecule has 1 aromatic rings. The summed E-state index contributed by atoms with van der Waals surface area (Å²) in [5.74, 6) is 0.539. The van der Waals surface area contributed by atoms with Crippen LogP contribution in [0.15, 0.2) is 0 Å². The summed E-state index contributed by atoms with van der Waals surface area (Å²) in [4.78, 5) is 6.15. The topological polar surface area (TPSA) is 62.1 Å². The highest BCUT2D eigenvalue weighted by Gasteiger charge is 2.25. The molecule has 1 heterocycles. The van der Waals surface area contributed by atoms with Gasteiger partial charge in [0.25, 0.3) is 0 Å². The Morgan fingerprint density at radius 3 is 2.27 bits per heavy atom. The van der Waals surface area contributed by atoms with E-state index in [0.29, 0.717) is 5.95 Å². The van der Waals surface area contributed by atoms with Crippen LogP contribution in [0.5, 0.6) is 0 Å². The molecule has 0 aromatic carbocycles. The van der Waals surface area contributed by atoms with Crippen LogP contribution in [0.2, 0.25) is 0 Å². The van der Waals surface area contributed by atoms with Gasteiger partial charge in [-0.3, -0.25) is 0 Å². The monoisotopic (exact) mass is 210 g/mol. The van der Waals surface area contributed by atoms with E-state index in [1.807, 2.05) is 39.6 Å². The Hall–Kier alpha value is -1.23. The third kappa shape index (κ3) is 2.41. The fraction of sp³-hybridized carbons (Fsp3) is 0.700. The van der Waals surface area contributed by atoms with Crippen molar-refractivity contribution in [2.75, 3.05) is 18.6 Å². The van der Waals surface area contributed by atoms with Crippen LogP contribution in [0, 0.1) is 13.8 Å². The molecule has 15 heavy (non-hydrogen) atoms. The molecule has 0 saturated carbocycles. The second-order valence-corrected chi connectivity index (χ2v) is 4.31. The van der Waals surface area contributed by atoms with Crippen LogP contribution in [-0.4, -0.2) is 39.5 Å². The molecule has 0 aliphatic rings. The van der Waals surface area contributed by atoms with Crippen LogP contribution >= 0.6 is 0 Å². The zero-order chi connectivity index (χ0) is 11.6. The zero-order valence-corrected chi connectivity index (χ0v) is 9.94. The second-order valence-electron chi connectivity index (χ2n) is 4.31. The lowest BCUT2D eigenvalue weighted by Crippen LogP contribution is -2.45. The Morgan fingerprint density at radius 1 is 1.20 bits per heavy atom. The number of hydrogen-bond acceptors (Lipinski definition) is 5. The standard InChI is InChI=1S/C10H18N4O/c1-7-8(2)12-13-9(11-7)14(5)10(3,4)6-15/h15H,6H2,1-5H3. The first kappa shape index (κ1) is 11.8. The molecule has 5 heteroatoms. The molecular formula is C10H18N4O. The Bertz CT molecular complexity index is 351. The van der Waals surface area contributed by atoms with E-state index >= 15 is 0 Å². The van der Waals surface area contributed by atoms with E-state index in [4.69, 9.17) is 0 Å². The van der Waals surface area contributed by atoms with Crippen molar-refractivity contribution in [3.8, 4) is 0 Å². The van der Waals surface area contributed by atoms with Gasteiger partial charge in [0.1, 0.15) is 0 Å². The molecule has 0 spiro atoms. The SMILES string of the molecule is Cc1nnc(N(C)C(C)(C)CO)nc1C. The highest BCUT2D eigenvalue weighted by Crippen LogP contribution is 2.17. The minimum Gasteiger partial charge on any atom is -0.394 e. The molecular weight excluding hydrogens is 192 g/mol. The van der Waals surface area contributed by atoms with Gasteiger partial charge in [-0.2, -0.15) is 5.10 Å². The molecule has 0 saturated heterocycles. The lowest BCUT2D eigenvalue weighted by atomic mass is 10.1. The number of aromatic nitrogens is 3. The van der Waals surface area contributed by atoms with Crippen LogP contribution in [0.25, 0.3) is 0 Å². The van der Waals surface area contributed by atoms with Crippen molar-refractivity contribution in [2.45, 2.75) is 33.2 Å². The second kappa shape index (κ2) is 4.10. The largest absolute Gasteiger partial charge is 0.394 e. The minimum absolute atomic E-state index is 0.0415. The fourth-order valence-corrected chi connectivity index (χ4v) is 0.964. The Kier molecular flexibility index (Phi) is 3.24. The lowest BCUT2D eigenvalue weighted by molar-refractivity contribution is 0.215. The molecule has 84 valence electrons. The van der Waals surface area contributed by atoms with E-state index in [-0.39, 0.29) is 12.1 Å². The van der Waals surface area contributed by atoms with Crippen molar-refractivity contribution in [3.63, 3.8) is 0 Å². The maximum Gasteiger partial charge on any atom is 0.245 e. The Balaban J connectivity index is 3.02. The van der Waals surface area contributed by atoms with E-state index in [0.717, 1.165) is 11.4 Å². The molecule has 0 aliphatic heterocycles. The summed E-state index contributed by atoms with van der Waals surface area (Å²) in [7, 11) is 1.85. The van der Waals surface area contributed by atoms with Crippen molar-refractivity contribution >= 4 is 5.95 Å². The van der Waals surface area contributed by atoms with Gasteiger partial charge in [0.15, 0.2) is 0 Å². The van der Waals surface area contributed by atoms with E-state index in [1.54, 1.807) is 0 Å². The van der Waals surface area contributed by atoms with Crippen LogP contribution in [-0.2, 0) is 0 Å². The summed E-state index contributed by atoms with van der Waals surface area (Å²) in [5.41, 5.74) is 1.30. The average Bonchev–Trinajstić information content (AvgIpc) is 2.21. The van der Waals surface area contributed by atoms with Gasteiger partial charge < -0.3 is 10.0 Å². The number of anilines is 1. The molecule has 0 aliphatic carbocycles. The molecule has 0 bridgehead atoms. The molecule has 0 fully saturated rings. The van der Waals surface area contributed by atoms with Crippen molar-refractivity contribution < 1.29 is 5.11 Å². The number of aryl methyl sites for hydroxylation is 2. The van der Waals surface area contributed by atoms with Crippen LogP contribution in [0.4, 0.5) is 5.95 Å². The summed E-state index contributed by atoms with van der Waals surface area (Å²) in [6.07, 6.45) is 0. The maximum absolute atomic E-state index is 9.23. The molecule has 5 nitrogen and oxygen atoms in total. The quantitative estimate of drug-likeness (QED) is 0.795. The third-order valence-corrected chi connectivity index (χ3v) is 2.68. The van der Waals surface area contributed by atoms with Gasteiger partial charge >= 0.3 is 0 Å². The summed E-state index contributed by atoms with van der Waals surface area (Å²) in [6.45, 7) is 7.65. The first-order valence-corrected chi connectivity index (χ1v) is 4.91. The number of rotatable bonds is 3. The van der Waals surface area contributed by atoms with E-state index in [9.17, 15) is 5.11 Å². The number of nitrogens with zero attached hydrogens (tertiary/aromatic N) is 4.